The van der Waals surface area contributed by atoms with Gasteiger partial charge in [-0.15, -0.1) is 0 Å². The Balaban J connectivity index is 1.69. The van der Waals surface area contributed by atoms with Crippen molar-refractivity contribution in [2.24, 2.45) is 5.10 Å². The number of nitrogens with zero attached hydrogens (tertiary/aromatic N) is 3. The summed E-state index contributed by atoms with van der Waals surface area (Å²) in [6.45, 7) is 0.359. The van der Waals surface area contributed by atoms with Crippen LogP contribution in [-0.2, 0) is 0 Å². The summed E-state index contributed by atoms with van der Waals surface area (Å²) in [4.78, 5) is 17.1. The summed E-state index contributed by atoms with van der Waals surface area (Å²) >= 11 is 0. The number of pyridine rings is 1. The van der Waals surface area contributed by atoms with Crippen molar-refractivity contribution in [3.05, 3.63) is 77.7 Å². The van der Waals surface area contributed by atoms with Crippen molar-refractivity contribution in [1.29, 1.82) is 0 Å². The molecule has 0 unspecified atom stereocenters. The average molecular weight is 408 g/mol. The van der Waals surface area contributed by atoms with Crippen molar-refractivity contribution in [3.8, 4) is 5.75 Å². The van der Waals surface area contributed by atoms with Crippen molar-refractivity contribution in [2.75, 3.05) is 0 Å². The van der Waals surface area contributed by atoms with Gasteiger partial charge >= 0.3 is 6.61 Å². The van der Waals surface area contributed by atoms with Gasteiger partial charge in [0, 0.05) is 17.1 Å². The Labute approximate surface area is 170 Å². The SMILES string of the molecule is C/C(=N\NC(=O)c1c(C)nc2ccccn12)c1ccc2ccccc2c1OC(F)F. The lowest BCUT2D eigenvalue weighted by molar-refractivity contribution is -0.0489. The van der Waals surface area contributed by atoms with Crippen molar-refractivity contribution in [2.45, 2.75) is 20.5 Å². The third-order valence-corrected chi connectivity index (χ3v) is 4.72. The molecule has 0 saturated carbocycles. The van der Waals surface area contributed by atoms with Gasteiger partial charge in [0.15, 0.2) is 0 Å². The Morgan fingerprint density at radius 3 is 2.70 bits per heavy atom. The Kier molecular flexibility index (Phi) is 5.14. The molecule has 2 heterocycles. The number of fused-ring (bicyclic) bond motifs is 2. The van der Waals surface area contributed by atoms with E-state index in [1.165, 1.54) is 0 Å². The van der Waals surface area contributed by atoms with E-state index in [9.17, 15) is 13.6 Å². The van der Waals surface area contributed by atoms with Gasteiger partial charge in [0.05, 0.1) is 11.4 Å². The van der Waals surface area contributed by atoms with E-state index >= 15 is 0 Å². The van der Waals surface area contributed by atoms with Crippen LogP contribution in [0, 0.1) is 6.92 Å². The van der Waals surface area contributed by atoms with E-state index in [1.807, 2.05) is 12.1 Å². The summed E-state index contributed by atoms with van der Waals surface area (Å²) in [5, 5.41) is 5.42. The normalized spacial score (nSPS) is 12.0. The Hall–Kier alpha value is -3.81. The number of carbonyl (C=O) groups excluding carboxylic acids is 1. The minimum atomic E-state index is -2.99. The minimum Gasteiger partial charge on any atom is -0.433 e. The first-order valence-electron chi connectivity index (χ1n) is 9.21. The van der Waals surface area contributed by atoms with Crippen LogP contribution >= 0.6 is 0 Å². The second-order valence-electron chi connectivity index (χ2n) is 6.65. The van der Waals surface area contributed by atoms with Crippen molar-refractivity contribution >= 4 is 28.0 Å². The molecule has 0 radical (unpaired) electrons. The molecule has 0 fully saturated rings. The van der Waals surface area contributed by atoms with E-state index in [0.29, 0.717) is 33.7 Å². The lowest BCUT2D eigenvalue weighted by Crippen LogP contribution is -2.22. The molecule has 30 heavy (non-hydrogen) atoms. The number of benzene rings is 2. The quantitative estimate of drug-likeness (QED) is 0.389. The third kappa shape index (κ3) is 3.59. The molecule has 0 spiro atoms. The number of nitrogens with one attached hydrogen (secondary N) is 1. The van der Waals surface area contributed by atoms with Gasteiger partial charge < -0.3 is 4.74 Å². The molecule has 152 valence electrons. The first kappa shape index (κ1) is 19.5. The van der Waals surface area contributed by atoms with Crippen molar-refractivity contribution in [1.82, 2.24) is 14.8 Å². The number of rotatable bonds is 5. The number of alkyl halides is 2. The van der Waals surface area contributed by atoms with Gasteiger partial charge in [0.1, 0.15) is 17.1 Å². The highest BCUT2D eigenvalue weighted by Crippen LogP contribution is 2.31. The predicted octanol–water partition coefficient (Wildman–Crippen LogP) is 4.55. The first-order chi connectivity index (χ1) is 14.5. The second kappa shape index (κ2) is 7.90. The highest BCUT2D eigenvalue weighted by atomic mass is 19.3. The molecular formula is C22H18F2N4O2. The van der Waals surface area contributed by atoms with Crippen LogP contribution in [0.2, 0.25) is 0 Å². The fourth-order valence-electron chi connectivity index (χ4n) is 3.38. The monoisotopic (exact) mass is 408 g/mol. The molecule has 0 aliphatic heterocycles. The molecule has 4 rings (SSSR count). The molecule has 2 aromatic carbocycles. The number of halogens is 2. The lowest BCUT2D eigenvalue weighted by atomic mass is 10.0. The molecule has 0 atom stereocenters. The maximum absolute atomic E-state index is 13.0. The van der Waals surface area contributed by atoms with Crippen LogP contribution in [0.1, 0.15) is 28.7 Å². The summed E-state index contributed by atoms with van der Waals surface area (Å²) in [7, 11) is 0. The molecule has 0 saturated heterocycles. The smallest absolute Gasteiger partial charge is 0.387 e. The number of hydrogen-bond acceptors (Lipinski definition) is 4. The van der Waals surface area contributed by atoms with Gasteiger partial charge in [-0.25, -0.2) is 10.4 Å². The van der Waals surface area contributed by atoms with Crippen molar-refractivity contribution < 1.29 is 18.3 Å². The number of carbonyl (C=O) groups is 1. The molecule has 1 N–H and O–H groups in total. The average Bonchev–Trinajstić information content (AvgIpc) is 3.07. The standard InChI is InChI=1S/C22H18F2N4O2/c1-13(16-11-10-15-7-3-4-8-17(15)20(16)30-22(23)24)26-27-21(29)19-14(2)25-18-9-5-6-12-28(18)19/h3-12,22H,1-2H3,(H,27,29)/b26-13+. The Morgan fingerprint density at radius 2 is 1.90 bits per heavy atom. The van der Waals surface area contributed by atoms with E-state index in [-0.39, 0.29) is 5.75 Å². The highest BCUT2D eigenvalue weighted by Gasteiger charge is 2.18. The zero-order valence-corrected chi connectivity index (χ0v) is 16.3. The summed E-state index contributed by atoms with van der Waals surface area (Å²) in [6.07, 6.45) is 1.73. The molecule has 2 aromatic heterocycles. The summed E-state index contributed by atoms with van der Waals surface area (Å²) in [5.74, 6) is -0.438. The summed E-state index contributed by atoms with van der Waals surface area (Å²) < 4.78 is 32.5. The van der Waals surface area contributed by atoms with Crippen LogP contribution in [0.3, 0.4) is 0 Å². The summed E-state index contributed by atoms with van der Waals surface area (Å²) in [6, 6.07) is 15.9. The number of hydrazone groups is 1. The van der Waals surface area contributed by atoms with E-state index in [4.69, 9.17) is 4.74 Å². The molecule has 0 aliphatic rings. The first-order valence-corrected chi connectivity index (χ1v) is 9.21. The number of ether oxygens (including phenoxy) is 1. The van der Waals surface area contributed by atoms with Gasteiger partial charge in [0.2, 0.25) is 0 Å². The number of hydrogen-bond donors (Lipinski definition) is 1. The van der Waals surface area contributed by atoms with Crippen LogP contribution in [0.5, 0.6) is 5.75 Å². The van der Waals surface area contributed by atoms with E-state index < -0.39 is 12.5 Å². The van der Waals surface area contributed by atoms with Gasteiger partial charge in [-0.1, -0.05) is 36.4 Å². The molecular weight excluding hydrogens is 390 g/mol. The minimum absolute atomic E-state index is 0.0181. The molecule has 8 heteroatoms. The Bertz CT molecular complexity index is 1280. The molecule has 1 amide bonds. The molecule has 0 aliphatic carbocycles. The zero-order valence-electron chi connectivity index (χ0n) is 16.3. The van der Waals surface area contributed by atoms with Crippen LogP contribution in [-0.4, -0.2) is 27.6 Å². The number of amides is 1. The topological polar surface area (TPSA) is 68.0 Å². The lowest BCUT2D eigenvalue weighted by Gasteiger charge is -2.14. The number of aromatic nitrogens is 2. The van der Waals surface area contributed by atoms with E-state index in [2.05, 4.69) is 15.5 Å². The van der Waals surface area contributed by atoms with Gasteiger partial charge in [-0.05, 0) is 37.4 Å². The largest absolute Gasteiger partial charge is 0.433 e. The number of aryl methyl sites for hydroxylation is 1. The van der Waals surface area contributed by atoms with E-state index in [1.54, 1.807) is 66.9 Å². The summed E-state index contributed by atoms with van der Waals surface area (Å²) in [5.41, 5.74) is 4.73. The fraction of sp³-hybridized carbons (Fsp3) is 0.136. The number of imidazole rings is 1. The molecule has 4 aromatic rings. The molecule has 0 bridgehead atoms. The van der Waals surface area contributed by atoms with Gasteiger partial charge in [-0.3, -0.25) is 9.20 Å². The predicted molar refractivity (Wildman–Crippen MR) is 110 cm³/mol. The highest BCUT2D eigenvalue weighted by molar-refractivity contribution is 6.07. The zero-order chi connectivity index (χ0) is 21.3. The second-order valence-corrected chi connectivity index (χ2v) is 6.65. The van der Waals surface area contributed by atoms with Gasteiger partial charge in [0.25, 0.3) is 5.91 Å². The maximum Gasteiger partial charge on any atom is 0.387 e. The fourth-order valence-corrected chi connectivity index (χ4v) is 3.38. The molecule has 6 nitrogen and oxygen atoms in total. The van der Waals surface area contributed by atoms with Crippen LogP contribution < -0.4 is 10.2 Å². The maximum atomic E-state index is 13.0. The van der Waals surface area contributed by atoms with Gasteiger partial charge in [-0.2, -0.15) is 13.9 Å². The van der Waals surface area contributed by atoms with Crippen LogP contribution in [0.4, 0.5) is 8.78 Å². The third-order valence-electron chi connectivity index (χ3n) is 4.72. The van der Waals surface area contributed by atoms with Crippen LogP contribution in [0.15, 0.2) is 65.9 Å². The Morgan fingerprint density at radius 1 is 1.13 bits per heavy atom. The van der Waals surface area contributed by atoms with Crippen LogP contribution in [0.25, 0.3) is 16.4 Å². The van der Waals surface area contributed by atoms with E-state index in [0.717, 1.165) is 5.39 Å². The van der Waals surface area contributed by atoms with Crippen molar-refractivity contribution in [3.63, 3.8) is 0 Å².